The van der Waals surface area contributed by atoms with Gasteiger partial charge in [-0.15, -0.1) is 0 Å². The third kappa shape index (κ3) is 5.32. The maximum atomic E-state index is 4.14. The highest BCUT2D eigenvalue weighted by Crippen LogP contribution is 2.22. The fourth-order valence-corrected chi connectivity index (χ4v) is 2.91. The molecule has 0 amide bonds. The van der Waals surface area contributed by atoms with Gasteiger partial charge >= 0.3 is 0 Å². The number of allylic oxidation sites excluding steroid dienone is 4. The second kappa shape index (κ2) is 9.84. The number of aryl methyl sites for hydroxylation is 1. The van der Waals surface area contributed by atoms with Gasteiger partial charge < -0.3 is 0 Å². The van der Waals surface area contributed by atoms with E-state index in [-0.39, 0.29) is 0 Å². The lowest BCUT2D eigenvalue weighted by molar-refractivity contribution is 1.33. The molecule has 0 N–H and O–H groups in total. The molecular weight excluding hydrogens is 300 g/mol. The van der Waals surface area contributed by atoms with Crippen LogP contribution in [0.3, 0.4) is 0 Å². The minimum Gasteiger partial charge on any atom is -0.0911 e. The molecule has 25 heavy (non-hydrogen) atoms. The molecule has 0 aliphatic carbocycles. The van der Waals surface area contributed by atoms with Gasteiger partial charge in [0.2, 0.25) is 0 Å². The Morgan fingerprint density at radius 3 is 2.00 bits per heavy atom. The van der Waals surface area contributed by atoms with Crippen LogP contribution in [0.15, 0.2) is 65.8 Å². The zero-order chi connectivity index (χ0) is 19.0. The predicted octanol–water partition coefficient (Wildman–Crippen LogP) is 6.04. The summed E-state index contributed by atoms with van der Waals surface area (Å²) in [4.78, 5) is 0. The summed E-state index contributed by atoms with van der Waals surface area (Å²) in [5.74, 6) is 0. The SMILES string of the molecule is C=c1cccc\c1=C(C)/C(C)=C(C)/C=C(\C)c1ccccc1C.CC. The highest BCUT2D eigenvalue weighted by atomic mass is 14.1. The van der Waals surface area contributed by atoms with Crippen molar-refractivity contribution in [2.24, 2.45) is 0 Å². The molecule has 0 saturated carbocycles. The molecule has 0 fully saturated rings. The van der Waals surface area contributed by atoms with Gasteiger partial charge in [-0.1, -0.05) is 75.0 Å². The first-order valence-electron chi connectivity index (χ1n) is 9.09. The summed E-state index contributed by atoms with van der Waals surface area (Å²) < 4.78 is 0. The van der Waals surface area contributed by atoms with Crippen LogP contribution in [0.5, 0.6) is 0 Å². The van der Waals surface area contributed by atoms with Crippen LogP contribution in [-0.4, -0.2) is 0 Å². The van der Waals surface area contributed by atoms with Gasteiger partial charge in [0, 0.05) is 0 Å². The Morgan fingerprint density at radius 2 is 1.40 bits per heavy atom. The van der Waals surface area contributed by atoms with Crippen molar-refractivity contribution < 1.29 is 0 Å². The first-order chi connectivity index (χ1) is 11.9. The Hall–Kier alpha value is -2.34. The molecule has 0 aliphatic heterocycles. The summed E-state index contributed by atoms with van der Waals surface area (Å²) in [5.41, 5.74) is 7.84. The third-order valence-corrected chi connectivity index (χ3v) is 4.58. The fraction of sp³-hybridized carbons (Fsp3) is 0.280. The minimum absolute atomic E-state index is 1.08. The molecule has 0 spiro atoms. The smallest absolute Gasteiger partial charge is 0.0158 e. The minimum atomic E-state index is 1.08. The quantitative estimate of drug-likeness (QED) is 0.601. The summed E-state index contributed by atoms with van der Waals surface area (Å²) in [6.45, 7) is 19.1. The van der Waals surface area contributed by atoms with E-state index >= 15 is 0 Å². The Balaban J connectivity index is 0.00000151. The van der Waals surface area contributed by atoms with Crippen LogP contribution in [0.2, 0.25) is 0 Å². The van der Waals surface area contributed by atoms with Gasteiger partial charge in [-0.25, -0.2) is 0 Å². The maximum absolute atomic E-state index is 4.14. The van der Waals surface area contributed by atoms with Crippen molar-refractivity contribution in [2.45, 2.75) is 48.5 Å². The highest BCUT2D eigenvalue weighted by molar-refractivity contribution is 5.72. The van der Waals surface area contributed by atoms with E-state index in [4.69, 9.17) is 0 Å². The summed E-state index contributed by atoms with van der Waals surface area (Å²) in [6.07, 6.45) is 2.28. The van der Waals surface area contributed by atoms with Crippen LogP contribution in [0.4, 0.5) is 0 Å². The van der Waals surface area contributed by atoms with Gasteiger partial charge in [-0.05, 0) is 78.5 Å². The van der Waals surface area contributed by atoms with Crippen LogP contribution in [0.25, 0.3) is 17.7 Å². The molecule has 2 aromatic carbocycles. The standard InChI is InChI=1S/C23H26.C2H6/c1-16-11-7-9-13-22(16)19(4)15-18(3)20(5)21(6)23-14-10-8-12-17(23)2;1-2/h7-15H,2H2,1,3-6H3;1-2H3/b19-15+,20-18+,23-21+;. The topological polar surface area (TPSA) is 0 Å². The maximum Gasteiger partial charge on any atom is -0.0158 e. The van der Waals surface area contributed by atoms with Gasteiger partial charge in [0.05, 0.1) is 0 Å². The van der Waals surface area contributed by atoms with E-state index in [9.17, 15) is 0 Å². The molecule has 0 nitrogen and oxygen atoms in total. The molecule has 0 heteroatoms. The molecule has 0 saturated heterocycles. The first-order valence-corrected chi connectivity index (χ1v) is 9.09. The molecule has 132 valence electrons. The Labute approximate surface area is 153 Å². The van der Waals surface area contributed by atoms with Crippen molar-refractivity contribution in [3.05, 3.63) is 87.3 Å². The summed E-state index contributed by atoms with van der Waals surface area (Å²) in [5, 5.41) is 2.31. The second-order valence-corrected chi connectivity index (χ2v) is 6.23. The monoisotopic (exact) mass is 332 g/mol. The number of hydrogen-bond acceptors (Lipinski definition) is 0. The molecule has 0 aliphatic rings. The molecule has 0 bridgehead atoms. The molecule has 0 radical (unpaired) electrons. The predicted molar refractivity (Wildman–Crippen MR) is 115 cm³/mol. The van der Waals surface area contributed by atoms with E-state index in [1.807, 2.05) is 19.9 Å². The van der Waals surface area contributed by atoms with E-state index in [0.29, 0.717) is 0 Å². The van der Waals surface area contributed by atoms with Gasteiger partial charge in [-0.3, -0.25) is 0 Å². The normalized spacial score (nSPS) is 13.5. The van der Waals surface area contributed by atoms with Crippen LogP contribution in [-0.2, 0) is 0 Å². The lowest BCUT2D eigenvalue weighted by Gasteiger charge is -2.09. The van der Waals surface area contributed by atoms with E-state index in [1.165, 1.54) is 38.6 Å². The van der Waals surface area contributed by atoms with Crippen molar-refractivity contribution in [1.82, 2.24) is 0 Å². The molecule has 0 aromatic heterocycles. The van der Waals surface area contributed by atoms with Crippen molar-refractivity contribution in [3.63, 3.8) is 0 Å². The molecule has 2 aromatic rings. The zero-order valence-electron chi connectivity index (χ0n) is 16.9. The fourth-order valence-electron chi connectivity index (χ4n) is 2.91. The van der Waals surface area contributed by atoms with Crippen molar-refractivity contribution in [2.75, 3.05) is 0 Å². The second-order valence-electron chi connectivity index (χ2n) is 6.23. The lowest BCUT2D eigenvalue weighted by atomic mass is 9.96. The van der Waals surface area contributed by atoms with Gasteiger partial charge in [0.1, 0.15) is 0 Å². The average Bonchev–Trinajstić information content (AvgIpc) is 2.62. The van der Waals surface area contributed by atoms with Gasteiger partial charge in [0.25, 0.3) is 0 Å². The van der Waals surface area contributed by atoms with E-state index in [2.05, 4.69) is 89.7 Å². The summed E-state index contributed by atoms with van der Waals surface area (Å²) in [6, 6.07) is 16.9. The van der Waals surface area contributed by atoms with E-state index in [1.54, 1.807) is 0 Å². The van der Waals surface area contributed by atoms with Crippen LogP contribution in [0, 0.1) is 6.92 Å². The highest BCUT2D eigenvalue weighted by Gasteiger charge is 2.03. The van der Waals surface area contributed by atoms with Crippen molar-refractivity contribution in [3.8, 4) is 0 Å². The molecule has 0 heterocycles. The Kier molecular flexibility index (Phi) is 8.15. The third-order valence-electron chi connectivity index (χ3n) is 4.58. The summed E-state index contributed by atoms with van der Waals surface area (Å²) in [7, 11) is 0. The average molecular weight is 333 g/mol. The first kappa shape index (κ1) is 20.7. The Bertz CT molecular complexity index is 876. The number of benzene rings is 2. The number of rotatable bonds is 3. The van der Waals surface area contributed by atoms with Crippen LogP contribution >= 0.6 is 0 Å². The zero-order valence-corrected chi connectivity index (χ0v) is 16.9. The summed E-state index contributed by atoms with van der Waals surface area (Å²) >= 11 is 0. The Morgan fingerprint density at radius 1 is 0.840 bits per heavy atom. The van der Waals surface area contributed by atoms with Gasteiger partial charge in [0.15, 0.2) is 0 Å². The molecule has 2 rings (SSSR count). The van der Waals surface area contributed by atoms with E-state index in [0.717, 1.165) is 5.22 Å². The van der Waals surface area contributed by atoms with Crippen molar-refractivity contribution >= 4 is 17.7 Å². The largest absolute Gasteiger partial charge is 0.0911 e. The molecule has 0 atom stereocenters. The molecular formula is C25H32. The van der Waals surface area contributed by atoms with Gasteiger partial charge in [-0.2, -0.15) is 0 Å². The number of hydrogen-bond donors (Lipinski definition) is 0. The molecule has 0 unspecified atom stereocenters. The van der Waals surface area contributed by atoms with Crippen molar-refractivity contribution in [1.29, 1.82) is 0 Å². The van der Waals surface area contributed by atoms with Crippen LogP contribution in [0.1, 0.15) is 52.7 Å². The lowest BCUT2D eigenvalue weighted by Crippen LogP contribution is -2.24. The van der Waals surface area contributed by atoms with E-state index < -0.39 is 0 Å². The van der Waals surface area contributed by atoms with Crippen LogP contribution < -0.4 is 10.4 Å².